The van der Waals surface area contributed by atoms with Crippen molar-refractivity contribution in [3.05, 3.63) is 84.4 Å². The number of hydrogen-bond acceptors (Lipinski definition) is 4. The van der Waals surface area contributed by atoms with Crippen molar-refractivity contribution in [2.24, 2.45) is 5.92 Å². The van der Waals surface area contributed by atoms with Gasteiger partial charge in [0.05, 0.1) is 6.20 Å². The monoisotopic (exact) mass is 448 g/mol. The van der Waals surface area contributed by atoms with Crippen LogP contribution in [-0.4, -0.2) is 41.5 Å². The van der Waals surface area contributed by atoms with E-state index in [0.717, 1.165) is 12.8 Å². The van der Waals surface area contributed by atoms with Crippen LogP contribution in [-0.2, 0) is 0 Å². The molecule has 1 atom stereocenters. The smallest absolute Gasteiger partial charge is 0.319 e. The maximum absolute atomic E-state index is 13.3. The van der Waals surface area contributed by atoms with Gasteiger partial charge in [-0.05, 0) is 73.4 Å². The molecule has 7 nitrogen and oxygen atoms in total. The van der Waals surface area contributed by atoms with Crippen LogP contribution < -0.4 is 15.4 Å². The number of amides is 3. The van der Waals surface area contributed by atoms with Gasteiger partial charge < -0.3 is 20.3 Å². The Kier molecular flexibility index (Phi) is 7.14. The van der Waals surface area contributed by atoms with Gasteiger partial charge in [0.15, 0.2) is 0 Å². The molecule has 1 unspecified atom stereocenters. The lowest BCUT2D eigenvalue weighted by Gasteiger charge is -2.33. The van der Waals surface area contributed by atoms with Gasteiger partial charge in [0.25, 0.3) is 5.91 Å². The highest BCUT2D eigenvalue weighted by atomic mass is 19.1. The van der Waals surface area contributed by atoms with Gasteiger partial charge >= 0.3 is 6.03 Å². The molecule has 3 amide bonds. The number of hydrogen-bond donors (Lipinski definition) is 2. The molecule has 0 saturated carbocycles. The topological polar surface area (TPSA) is 83.6 Å². The molecule has 170 valence electrons. The molecule has 0 spiro atoms. The Hall–Kier alpha value is -3.94. The van der Waals surface area contributed by atoms with Crippen LogP contribution >= 0.6 is 0 Å². The van der Waals surface area contributed by atoms with Crippen molar-refractivity contribution in [1.82, 2.24) is 15.2 Å². The second-order valence-corrected chi connectivity index (χ2v) is 7.92. The van der Waals surface area contributed by atoms with Gasteiger partial charge in [-0.2, -0.15) is 0 Å². The number of rotatable bonds is 6. The summed E-state index contributed by atoms with van der Waals surface area (Å²) in [6.07, 6.45) is 5.08. The number of benzene rings is 2. The van der Waals surface area contributed by atoms with E-state index >= 15 is 0 Å². The summed E-state index contributed by atoms with van der Waals surface area (Å²) in [7, 11) is 0. The molecule has 2 heterocycles. The summed E-state index contributed by atoms with van der Waals surface area (Å²) >= 11 is 0. The van der Waals surface area contributed by atoms with Crippen molar-refractivity contribution < 1.29 is 18.7 Å². The van der Waals surface area contributed by atoms with Crippen molar-refractivity contribution in [1.29, 1.82) is 0 Å². The normalized spacial score (nSPS) is 15.5. The van der Waals surface area contributed by atoms with Crippen molar-refractivity contribution in [2.75, 3.05) is 25.0 Å². The Balaban J connectivity index is 1.27. The second kappa shape index (κ2) is 10.6. The Labute approximate surface area is 191 Å². The molecular formula is C25H25FN4O3. The summed E-state index contributed by atoms with van der Waals surface area (Å²) < 4.78 is 19.0. The van der Waals surface area contributed by atoms with E-state index < -0.39 is 11.8 Å². The summed E-state index contributed by atoms with van der Waals surface area (Å²) in [6.45, 7) is 1.68. The van der Waals surface area contributed by atoms with E-state index in [4.69, 9.17) is 4.74 Å². The number of carbonyl (C=O) groups is 2. The molecule has 1 aromatic heterocycles. The average molecular weight is 448 g/mol. The summed E-state index contributed by atoms with van der Waals surface area (Å²) in [5.41, 5.74) is 0.981. The number of aromatic nitrogens is 1. The fourth-order valence-corrected chi connectivity index (χ4v) is 3.79. The standard InChI is InChI=1S/C25H25FN4O3/c26-20-5-1-6-21(14-20)29-25(32)28-15-18-4-3-13-30(17-18)24(31)19-8-10-22(11-9-19)33-23-7-2-12-27-16-23/h1-2,5-12,14,16,18H,3-4,13,15,17H2,(H2,28,29,32). The summed E-state index contributed by atoms with van der Waals surface area (Å²) in [4.78, 5) is 30.9. The van der Waals surface area contributed by atoms with E-state index in [1.54, 1.807) is 48.8 Å². The Morgan fingerprint density at radius 2 is 1.94 bits per heavy atom. The number of nitrogens with zero attached hydrogens (tertiary/aromatic N) is 2. The van der Waals surface area contributed by atoms with Crippen LogP contribution in [0, 0.1) is 11.7 Å². The van der Waals surface area contributed by atoms with E-state index in [1.807, 2.05) is 11.0 Å². The molecule has 1 aliphatic rings. The van der Waals surface area contributed by atoms with E-state index in [1.165, 1.54) is 18.2 Å². The van der Waals surface area contributed by atoms with E-state index in [-0.39, 0.29) is 11.8 Å². The number of anilines is 1. The molecule has 2 aromatic carbocycles. The van der Waals surface area contributed by atoms with Crippen molar-refractivity contribution >= 4 is 17.6 Å². The van der Waals surface area contributed by atoms with Crippen LogP contribution in [0.4, 0.5) is 14.9 Å². The van der Waals surface area contributed by atoms with Crippen LogP contribution in [0.5, 0.6) is 11.5 Å². The van der Waals surface area contributed by atoms with Gasteiger partial charge in [0.2, 0.25) is 0 Å². The molecule has 0 bridgehead atoms. The fraction of sp³-hybridized carbons (Fsp3) is 0.240. The number of ether oxygens (including phenoxy) is 1. The summed E-state index contributed by atoms with van der Waals surface area (Å²) in [5, 5.41) is 5.44. The average Bonchev–Trinajstić information content (AvgIpc) is 2.84. The highest BCUT2D eigenvalue weighted by Gasteiger charge is 2.25. The third-order valence-electron chi connectivity index (χ3n) is 5.41. The van der Waals surface area contributed by atoms with Crippen LogP contribution in [0.2, 0.25) is 0 Å². The Morgan fingerprint density at radius 3 is 2.70 bits per heavy atom. The van der Waals surface area contributed by atoms with Gasteiger partial charge in [-0.3, -0.25) is 9.78 Å². The molecule has 1 aliphatic heterocycles. The molecule has 1 saturated heterocycles. The lowest BCUT2D eigenvalue weighted by molar-refractivity contribution is 0.0675. The molecule has 0 radical (unpaired) electrons. The zero-order chi connectivity index (χ0) is 23.0. The molecule has 33 heavy (non-hydrogen) atoms. The first-order valence-electron chi connectivity index (χ1n) is 10.8. The maximum Gasteiger partial charge on any atom is 0.319 e. The predicted molar refractivity (Wildman–Crippen MR) is 123 cm³/mol. The lowest BCUT2D eigenvalue weighted by Crippen LogP contribution is -2.44. The van der Waals surface area contributed by atoms with Crippen LogP contribution in [0.3, 0.4) is 0 Å². The highest BCUT2D eigenvalue weighted by Crippen LogP contribution is 2.23. The third-order valence-corrected chi connectivity index (χ3v) is 5.41. The molecular weight excluding hydrogens is 423 g/mol. The van der Waals surface area contributed by atoms with Gasteiger partial charge in [-0.25, -0.2) is 9.18 Å². The SMILES string of the molecule is O=C(NCC1CCCN(C(=O)c2ccc(Oc3cccnc3)cc2)C1)Nc1cccc(F)c1. The van der Waals surface area contributed by atoms with Gasteiger partial charge in [0, 0.05) is 37.1 Å². The van der Waals surface area contributed by atoms with Crippen LogP contribution in [0.25, 0.3) is 0 Å². The van der Waals surface area contributed by atoms with Crippen molar-refractivity contribution in [3.63, 3.8) is 0 Å². The second-order valence-electron chi connectivity index (χ2n) is 7.92. The first kappa shape index (κ1) is 22.3. The minimum Gasteiger partial charge on any atom is -0.456 e. The van der Waals surface area contributed by atoms with Gasteiger partial charge in [0.1, 0.15) is 17.3 Å². The number of carbonyl (C=O) groups excluding carboxylic acids is 2. The molecule has 3 aromatic rings. The number of pyridine rings is 1. The molecule has 0 aliphatic carbocycles. The Morgan fingerprint density at radius 1 is 1.09 bits per heavy atom. The van der Waals surface area contributed by atoms with Crippen molar-refractivity contribution in [3.8, 4) is 11.5 Å². The van der Waals surface area contributed by atoms with E-state index in [2.05, 4.69) is 15.6 Å². The highest BCUT2D eigenvalue weighted by molar-refractivity contribution is 5.94. The van der Waals surface area contributed by atoms with Gasteiger partial charge in [-0.15, -0.1) is 0 Å². The fourth-order valence-electron chi connectivity index (χ4n) is 3.79. The first-order chi connectivity index (χ1) is 16.1. The zero-order valence-electron chi connectivity index (χ0n) is 18.0. The maximum atomic E-state index is 13.3. The summed E-state index contributed by atoms with van der Waals surface area (Å²) in [5.74, 6) is 0.950. The minimum absolute atomic E-state index is 0.0446. The molecule has 4 rings (SSSR count). The Bertz CT molecular complexity index is 1090. The lowest BCUT2D eigenvalue weighted by atomic mass is 9.97. The first-order valence-corrected chi connectivity index (χ1v) is 10.8. The molecule has 2 N–H and O–H groups in total. The quantitative estimate of drug-likeness (QED) is 0.573. The van der Waals surface area contributed by atoms with Crippen LogP contribution in [0.15, 0.2) is 73.1 Å². The predicted octanol–water partition coefficient (Wildman–Crippen LogP) is 4.69. The van der Waals surface area contributed by atoms with Crippen molar-refractivity contribution in [2.45, 2.75) is 12.8 Å². The van der Waals surface area contributed by atoms with E-state index in [0.29, 0.717) is 42.4 Å². The number of likely N-dealkylation sites (tertiary alicyclic amines) is 1. The number of nitrogens with one attached hydrogen (secondary N) is 2. The molecule has 8 heteroatoms. The molecule has 1 fully saturated rings. The van der Waals surface area contributed by atoms with Gasteiger partial charge in [-0.1, -0.05) is 6.07 Å². The van der Waals surface area contributed by atoms with E-state index in [9.17, 15) is 14.0 Å². The van der Waals surface area contributed by atoms with Crippen LogP contribution in [0.1, 0.15) is 23.2 Å². The minimum atomic E-state index is -0.411. The zero-order valence-corrected chi connectivity index (χ0v) is 18.0. The number of halogens is 1. The number of piperidine rings is 1. The third kappa shape index (κ3) is 6.29. The summed E-state index contributed by atoms with van der Waals surface area (Å²) in [6, 6.07) is 16.0. The number of urea groups is 1. The largest absolute Gasteiger partial charge is 0.456 e.